The van der Waals surface area contributed by atoms with Gasteiger partial charge < -0.3 is 14.6 Å². The lowest BCUT2D eigenvalue weighted by molar-refractivity contribution is -0.194. The number of rotatable bonds is 6. The smallest absolute Gasteiger partial charge is 0.333 e. The minimum absolute atomic E-state index is 0.238. The molecule has 0 aromatic heterocycles. The van der Waals surface area contributed by atoms with Gasteiger partial charge in [0.05, 0.1) is 12.2 Å². The molecule has 0 amide bonds. The summed E-state index contributed by atoms with van der Waals surface area (Å²) in [4.78, 5) is 11.8. The standard InChI is InChI=1S/C16H28O4/c1-6-16(19-11-15(4,5)18)10-8-7-9-13(16)20-14(17)12(2)3/h13,18H,2,6-11H2,1,3-5H3. The minimum Gasteiger partial charge on any atom is -0.456 e. The van der Waals surface area contributed by atoms with E-state index in [-0.39, 0.29) is 18.7 Å². The zero-order valence-electron chi connectivity index (χ0n) is 13.2. The van der Waals surface area contributed by atoms with Crippen LogP contribution in [0.5, 0.6) is 0 Å². The van der Waals surface area contributed by atoms with Crippen LogP contribution in [0.3, 0.4) is 0 Å². The number of carbonyl (C=O) groups is 1. The summed E-state index contributed by atoms with van der Waals surface area (Å²) >= 11 is 0. The normalized spacial score (nSPS) is 27.1. The first-order chi connectivity index (χ1) is 9.20. The Bertz CT molecular complexity index is 356. The molecule has 0 aromatic rings. The van der Waals surface area contributed by atoms with E-state index in [1.807, 2.05) is 6.92 Å². The summed E-state index contributed by atoms with van der Waals surface area (Å²) in [6, 6.07) is 0. The van der Waals surface area contributed by atoms with Crippen LogP contribution in [-0.4, -0.2) is 35.0 Å². The second kappa shape index (κ2) is 6.72. The molecule has 0 radical (unpaired) electrons. The highest BCUT2D eigenvalue weighted by atomic mass is 16.6. The molecular weight excluding hydrogens is 256 g/mol. The van der Waals surface area contributed by atoms with Crippen molar-refractivity contribution in [3.05, 3.63) is 12.2 Å². The van der Waals surface area contributed by atoms with Crippen LogP contribution in [0.25, 0.3) is 0 Å². The largest absolute Gasteiger partial charge is 0.456 e. The third kappa shape index (κ3) is 4.60. The maximum atomic E-state index is 11.8. The first kappa shape index (κ1) is 17.2. The molecule has 20 heavy (non-hydrogen) atoms. The van der Waals surface area contributed by atoms with Crippen molar-refractivity contribution < 1.29 is 19.4 Å². The highest BCUT2D eigenvalue weighted by Crippen LogP contribution is 2.37. The molecule has 1 fully saturated rings. The van der Waals surface area contributed by atoms with Crippen LogP contribution in [0.2, 0.25) is 0 Å². The number of hydrogen-bond donors (Lipinski definition) is 1. The van der Waals surface area contributed by atoms with Crippen LogP contribution in [0, 0.1) is 0 Å². The summed E-state index contributed by atoms with van der Waals surface area (Å²) in [7, 11) is 0. The van der Waals surface area contributed by atoms with E-state index in [1.165, 1.54) is 0 Å². The van der Waals surface area contributed by atoms with Crippen LogP contribution < -0.4 is 0 Å². The van der Waals surface area contributed by atoms with Gasteiger partial charge in [-0.2, -0.15) is 0 Å². The van der Waals surface area contributed by atoms with Gasteiger partial charge in [0.1, 0.15) is 11.7 Å². The van der Waals surface area contributed by atoms with Gasteiger partial charge in [-0.15, -0.1) is 0 Å². The fourth-order valence-corrected chi connectivity index (χ4v) is 2.57. The molecule has 0 aliphatic heterocycles. The number of carbonyl (C=O) groups excluding carboxylic acids is 1. The Balaban J connectivity index is 2.81. The summed E-state index contributed by atoms with van der Waals surface area (Å²) in [6.45, 7) is 11.0. The van der Waals surface area contributed by atoms with Crippen LogP contribution in [0.15, 0.2) is 12.2 Å². The predicted molar refractivity (Wildman–Crippen MR) is 78.4 cm³/mol. The lowest BCUT2D eigenvalue weighted by Crippen LogP contribution is -2.51. The van der Waals surface area contributed by atoms with Gasteiger partial charge in [-0.25, -0.2) is 4.79 Å². The van der Waals surface area contributed by atoms with Gasteiger partial charge in [0, 0.05) is 5.57 Å². The van der Waals surface area contributed by atoms with Gasteiger partial charge in [-0.3, -0.25) is 0 Å². The van der Waals surface area contributed by atoms with Crippen molar-refractivity contribution in [1.29, 1.82) is 0 Å². The molecule has 0 saturated heterocycles. The average molecular weight is 284 g/mol. The zero-order valence-corrected chi connectivity index (χ0v) is 13.2. The average Bonchev–Trinajstić information content (AvgIpc) is 2.37. The van der Waals surface area contributed by atoms with E-state index < -0.39 is 11.2 Å². The molecule has 4 heteroatoms. The van der Waals surface area contributed by atoms with E-state index >= 15 is 0 Å². The molecule has 1 rings (SSSR count). The van der Waals surface area contributed by atoms with Crippen molar-refractivity contribution in [1.82, 2.24) is 0 Å². The number of esters is 1. The predicted octanol–water partition coefficient (Wildman–Crippen LogP) is 2.98. The van der Waals surface area contributed by atoms with E-state index in [1.54, 1.807) is 20.8 Å². The first-order valence-electron chi connectivity index (χ1n) is 7.43. The number of ether oxygens (including phenoxy) is 2. The molecule has 1 N–H and O–H groups in total. The van der Waals surface area contributed by atoms with Gasteiger partial charge in [0.15, 0.2) is 0 Å². The zero-order chi connectivity index (χ0) is 15.4. The van der Waals surface area contributed by atoms with Gasteiger partial charge in [0.25, 0.3) is 0 Å². The highest BCUT2D eigenvalue weighted by molar-refractivity contribution is 5.87. The fraction of sp³-hybridized carbons (Fsp3) is 0.812. The van der Waals surface area contributed by atoms with E-state index in [0.717, 1.165) is 32.1 Å². The van der Waals surface area contributed by atoms with Gasteiger partial charge in [-0.1, -0.05) is 19.9 Å². The molecule has 0 aromatic carbocycles. The van der Waals surface area contributed by atoms with Gasteiger partial charge in [-0.05, 0) is 46.5 Å². The quantitative estimate of drug-likeness (QED) is 0.602. The second-order valence-corrected chi connectivity index (χ2v) is 6.44. The summed E-state index contributed by atoms with van der Waals surface area (Å²) in [6.07, 6.45) is 4.25. The summed E-state index contributed by atoms with van der Waals surface area (Å²) in [5, 5.41) is 9.87. The van der Waals surface area contributed by atoms with Crippen molar-refractivity contribution in [2.45, 2.75) is 77.1 Å². The molecule has 1 saturated carbocycles. The lowest BCUT2D eigenvalue weighted by Gasteiger charge is -2.43. The minimum atomic E-state index is -0.886. The van der Waals surface area contributed by atoms with Crippen molar-refractivity contribution in [2.24, 2.45) is 0 Å². The van der Waals surface area contributed by atoms with Crippen molar-refractivity contribution in [2.75, 3.05) is 6.61 Å². The van der Waals surface area contributed by atoms with E-state index in [9.17, 15) is 9.90 Å². The molecule has 1 aliphatic carbocycles. The molecule has 2 atom stereocenters. The summed E-state index contributed by atoms with van der Waals surface area (Å²) < 4.78 is 11.6. The lowest BCUT2D eigenvalue weighted by atomic mass is 9.79. The Kier molecular flexibility index (Phi) is 5.78. The van der Waals surface area contributed by atoms with Gasteiger partial charge in [0.2, 0.25) is 0 Å². The summed E-state index contributed by atoms with van der Waals surface area (Å²) in [5.74, 6) is -0.360. The Morgan fingerprint density at radius 1 is 1.45 bits per heavy atom. The number of aliphatic hydroxyl groups is 1. The summed E-state index contributed by atoms with van der Waals surface area (Å²) in [5.41, 5.74) is -0.964. The first-order valence-corrected chi connectivity index (χ1v) is 7.43. The van der Waals surface area contributed by atoms with E-state index in [0.29, 0.717) is 5.57 Å². The molecule has 0 bridgehead atoms. The molecule has 4 nitrogen and oxygen atoms in total. The third-order valence-corrected chi connectivity index (χ3v) is 3.81. The van der Waals surface area contributed by atoms with Crippen LogP contribution in [0.1, 0.15) is 59.8 Å². The Morgan fingerprint density at radius 3 is 2.60 bits per heavy atom. The molecule has 0 heterocycles. The van der Waals surface area contributed by atoms with Crippen LogP contribution in [-0.2, 0) is 14.3 Å². The SMILES string of the molecule is C=C(C)C(=O)OC1CCCCC1(CC)OCC(C)(C)O. The maximum absolute atomic E-state index is 11.8. The Morgan fingerprint density at radius 2 is 2.10 bits per heavy atom. The van der Waals surface area contributed by atoms with Crippen LogP contribution >= 0.6 is 0 Å². The van der Waals surface area contributed by atoms with E-state index in [4.69, 9.17) is 9.47 Å². The molecule has 0 spiro atoms. The van der Waals surface area contributed by atoms with Crippen molar-refractivity contribution >= 4 is 5.97 Å². The highest BCUT2D eigenvalue weighted by Gasteiger charge is 2.43. The molecule has 116 valence electrons. The fourth-order valence-electron chi connectivity index (χ4n) is 2.57. The molecule has 1 aliphatic rings. The van der Waals surface area contributed by atoms with Gasteiger partial charge >= 0.3 is 5.97 Å². The Labute approximate surface area is 122 Å². The second-order valence-electron chi connectivity index (χ2n) is 6.44. The number of hydrogen-bond acceptors (Lipinski definition) is 4. The van der Waals surface area contributed by atoms with Crippen LogP contribution in [0.4, 0.5) is 0 Å². The molecular formula is C16H28O4. The monoisotopic (exact) mass is 284 g/mol. The van der Waals surface area contributed by atoms with Crippen molar-refractivity contribution in [3.8, 4) is 0 Å². The molecule has 2 unspecified atom stereocenters. The Hall–Kier alpha value is -0.870. The van der Waals surface area contributed by atoms with Crippen molar-refractivity contribution in [3.63, 3.8) is 0 Å². The maximum Gasteiger partial charge on any atom is 0.333 e. The topological polar surface area (TPSA) is 55.8 Å². The third-order valence-electron chi connectivity index (χ3n) is 3.81. The van der Waals surface area contributed by atoms with E-state index in [2.05, 4.69) is 6.58 Å².